The highest BCUT2D eigenvalue weighted by atomic mass is 35.5. The van der Waals surface area contributed by atoms with Gasteiger partial charge in [0.1, 0.15) is 5.69 Å². The molecule has 21 heavy (non-hydrogen) atoms. The summed E-state index contributed by atoms with van der Waals surface area (Å²) in [4.78, 5) is 26.7. The van der Waals surface area contributed by atoms with Crippen LogP contribution in [-0.2, 0) is 0 Å². The fourth-order valence-electron chi connectivity index (χ4n) is 1.93. The Morgan fingerprint density at radius 2 is 2.00 bits per heavy atom. The van der Waals surface area contributed by atoms with Gasteiger partial charge in [-0.15, -0.1) is 0 Å². The molecule has 2 amide bonds. The van der Waals surface area contributed by atoms with Crippen LogP contribution >= 0.6 is 11.6 Å². The van der Waals surface area contributed by atoms with E-state index in [0.717, 1.165) is 12.8 Å². The molecule has 1 aromatic heterocycles. The molecule has 1 aliphatic carbocycles. The van der Waals surface area contributed by atoms with Crippen molar-refractivity contribution in [3.63, 3.8) is 0 Å². The van der Waals surface area contributed by atoms with Crippen LogP contribution in [0.4, 0.5) is 5.69 Å². The second-order valence-corrected chi connectivity index (χ2v) is 5.45. The Bertz CT molecular complexity index is 692. The quantitative estimate of drug-likeness (QED) is 0.812. The Kier molecular flexibility index (Phi) is 3.66. The number of nitrogens with one attached hydrogen (secondary N) is 3. The van der Waals surface area contributed by atoms with Crippen molar-refractivity contribution < 1.29 is 9.59 Å². The molecule has 0 atom stereocenters. The van der Waals surface area contributed by atoms with Gasteiger partial charge in [-0.3, -0.25) is 9.59 Å². The summed E-state index contributed by atoms with van der Waals surface area (Å²) in [7, 11) is 0. The zero-order valence-corrected chi connectivity index (χ0v) is 11.9. The van der Waals surface area contributed by atoms with Crippen LogP contribution in [0.2, 0.25) is 5.02 Å². The highest BCUT2D eigenvalue weighted by Crippen LogP contribution is 2.20. The number of halogens is 1. The summed E-state index contributed by atoms with van der Waals surface area (Å²) in [6.45, 7) is 0. The fraction of sp³-hybridized carbons (Fsp3) is 0.200. The molecular weight excluding hydrogens is 290 g/mol. The van der Waals surface area contributed by atoms with Crippen molar-refractivity contribution in [1.82, 2.24) is 10.3 Å². The summed E-state index contributed by atoms with van der Waals surface area (Å²) in [5.41, 5.74) is 1.46. The number of aromatic amines is 1. The lowest BCUT2D eigenvalue weighted by molar-refractivity contribution is 0.0949. The number of carbonyl (C=O) groups excluding carboxylic acids is 2. The van der Waals surface area contributed by atoms with Crippen LogP contribution < -0.4 is 10.6 Å². The third kappa shape index (κ3) is 3.44. The van der Waals surface area contributed by atoms with E-state index >= 15 is 0 Å². The molecule has 6 heteroatoms. The van der Waals surface area contributed by atoms with Gasteiger partial charge < -0.3 is 15.6 Å². The van der Waals surface area contributed by atoms with E-state index in [2.05, 4.69) is 15.6 Å². The largest absolute Gasteiger partial charge is 0.356 e. The van der Waals surface area contributed by atoms with Gasteiger partial charge in [0.2, 0.25) is 0 Å². The highest BCUT2D eigenvalue weighted by Gasteiger charge is 2.23. The van der Waals surface area contributed by atoms with Crippen LogP contribution in [0.3, 0.4) is 0 Å². The predicted molar refractivity (Wildman–Crippen MR) is 80.7 cm³/mol. The van der Waals surface area contributed by atoms with Gasteiger partial charge in [-0.05, 0) is 37.1 Å². The van der Waals surface area contributed by atoms with Crippen molar-refractivity contribution in [1.29, 1.82) is 0 Å². The van der Waals surface area contributed by atoms with Crippen molar-refractivity contribution >= 4 is 29.1 Å². The minimum atomic E-state index is -0.304. The molecule has 1 heterocycles. The lowest BCUT2D eigenvalue weighted by Gasteiger charge is -2.07. The Hall–Kier alpha value is -2.27. The second-order valence-electron chi connectivity index (χ2n) is 5.01. The molecule has 0 aliphatic heterocycles. The van der Waals surface area contributed by atoms with E-state index in [1.54, 1.807) is 30.3 Å². The topological polar surface area (TPSA) is 74.0 Å². The maximum Gasteiger partial charge on any atom is 0.272 e. The highest BCUT2D eigenvalue weighted by molar-refractivity contribution is 6.31. The first-order chi connectivity index (χ1) is 10.1. The van der Waals surface area contributed by atoms with Crippen molar-refractivity contribution in [2.75, 3.05) is 5.32 Å². The third-order valence-electron chi connectivity index (χ3n) is 3.19. The van der Waals surface area contributed by atoms with E-state index in [-0.39, 0.29) is 11.8 Å². The lowest BCUT2D eigenvalue weighted by atomic mass is 10.2. The average Bonchev–Trinajstić information content (AvgIpc) is 3.17. The van der Waals surface area contributed by atoms with Gasteiger partial charge in [-0.1, -0.05) is 17.7 Å². The zero-order valence-electron chi connectivity index (χ0n) is 11.2. The molecule has 108 valence electrons. The number of H-pyrrole nitrogens is 1. The summed E-state index contributed by atoms with van der Waals surface area (Å²) < 4.78 is 0. The Balaban J connectivity index is 1.70. The maximum absolute atomic E-state index is 12.0. The van der Waals surface area contributed by atoms with Crippen molar-refractivity contribution in [3.8, 4) is 0 Å². The molecule has 0 unspecified atom stereocenters. The van der Waals surface area contributed by atoms with E-state index in [1.165, 1.54) is 6.20 Å². The Morgan fingerprint density at radius 3 is 2.67 bits per heavy atom. The van der Waals surface area contributed by atoms with Crippen molar-refractivity contribution in [2.45, 2.75) is 18.9 Å². The average molecular weight is 304 g/mol. The van der Waals surface area contributed by atoms with Crippen LogP contribution in [0.15, 0.2) is 36.5 Å². The van der Waals surface area contributed by atoms with E-state index < -0.39 is 0 Å². The van der Waals surface area contributed by atoms with E-state index in [9.17, 15) is 9.59 Å². The molecule has 3 rings (SSSR count). The number of hydrogen-bond acceptors (Lipinski definition) is 2. The van der Waals surface area contributed by atoms with Gasteiger partial charge in [0.05, 0.1) is 5.02 Å². The summed E-state index contributed by atoms with van der Waals surface area (Å²) in [6.07, 6.45) is 3.61. The molecule has 1 aromatic carbocycles. The standard InChI is InChI=1S/C15H14ClN3O2/c16-10-7-13(17-8-10)15(21)19-12-3-1-2-9(6-12)14(20)18-11-4-5-11/h1-3,6-8,11,17H,4-5H2,(H,18,20)(H,19,21). The normalized spacial score (nSPS) is 13.8. The van der Waals surface area contributed by atoms with Gasteiger partial charge in [0.15, 0.2) is 0 Å². The molecule has 0 spiro atoms. The van der Waals surface area contributed by atoms with Crippen LogP contribution in [0.1, 0.15) is 33.7 Å². The van der Waals surface area contributed by atoms with Gasteiger partial charge >= 0.3 is 0 Å². The first-order valence-electron chi connectivity index (χ1n) is 6.68. The van der Waals surface area contributed by atoms with E-state index in [1.807, 2.05) is 0 Å². The molecule has 1 saturated carbocycles. The summed E-state index contributed by atoms with van der Waals surface area (Å²) in [5, 5.41) is 6.11. The number of hydrogen-bond donors (Lipinski definition) is 3. The van der Waals surface area contributed by atoms with Gasteiger partial charge in [-0.2, -0.15) is 0 Å². The molecular formula is C15H14ClN3O2. The number of amides is 2. The summed E-state index contributed by atoms with van der Waals surface area (Å²) >= 11 is 5.76. The molecule has 0 bridgehead atoms. The fourth-order valence-corrected chi connectivity index (χ4v) is 2.10. The van der Waals surface area contributed by atoms with Crippen LogP contribution in [0.25, 0.3) is 0 Å². The van der Waals surface area contributed by atoms with Crippen molar-refractivity contribution in [3.05, 3.63) is 52.8 Å². The zero-order chi connectivity index (χ0) is 14.8. The number of rotatable bonds is 4. The third-order valence-corrected chi connectivity index (χ3v) is 3.41. The van der Waals surface area contributed by atoms with Crippen molar-refractivity contribution in [2.24, 2.45) is 0 Å². The maximum atomic E-state index is 12.0. The molecule has 1 fully saturated rings. The number of carbonyl (C=O) groups is 2. The molecule has 1 aliphatic rings. The lowest BCUT2D eigenvalue weighted by Crippen LogP contribution is -2.25. The minimum Gasteiger partial charge on any atom is -0.356 e. The predicted octanol–water partition coefficient (Wildman–Crippen LogP) is 2.81. The van der Waals surface area contributed by atoms with Gasteiger partial charge in [-0.25, -0.2) is 0 Å². The Morgan fingerprint density at radius 1 is 1.19 bits per heavy atom. The first kappa shape index (κ1) is 13.7. The summed E-state index contributed by atoms with van der Waals surface area (Å²) in [5.74, 6) is -0.418. The SMILES string of the molecule is O=C(NC1CC1)c1cccc(NC(=O)c2cc(Cl)c[nH]2)c1. The summed E-state index contributed by atoms with van der Waals surface area (Å²) in [6, 6.07) is 8.69. The van der Waals surface area contributed by atoms with Crippen LogP contribution in [0, 0.1) is 0 Å². The monoisotopic (exact) mass is 303 g/mol. The van der Waals surface area contributed by atoms with Gasteiger partial charge in [0, 0.05) is 23.5 Å². The molecule has 5 nitrogen and oxygen atoms in total. The second kappa shape index (κ2) is 5.61. The number of anilines is 1. The van der Waals surface area contributed by atoms with E-state index in [0.29, 0.717) is 28.0 Å². The van der Waals surface area contributed by atoms with Crippen LogP contribution in [-0.4, -0.2) is 22.8 Å². The smallest absolute Gasteiger partial charge is 0.272 e. The number of aromatic nitrogens is 1. The molecule has 0 radical (unpaired) electrons. The minimum absolute atomic E-state index is 0.114. The number of benzene rings is 1. The van der Waals surface area contributed by atoms with Gasteiger partial charge in [0.25, 0.3) is 11.8 Å². The van der Waals surface area contributed by atoms with E-state index in [4.69, 9.17) is 11.6 Å². The molecule has 2 aromatic rings. The Labute approximate surface area is 126 Å². The molecule has 0 saturated heterocycles. The van der Waals surface area contributed by atoms with Crippen LogP contribution in [0.5, 0.6) is 0 Å². The molecule has 3 N–H and O–H groups in total. The first-order valence-corrected chi connectivity index (χ1v) is 7.06.